The van der Waals surface area contributed by atoms with Gasteiger partial charge in [0.1, 0.15) is 6.04 Å². The highest BCUT2D eigenvalue weighted by molar-refractivity contribution is 9.10. The number of halogens is 1. The number of pyridine rings is 1. The summed E-state index contributed by atoms with van der Waals surface area (Å²) in [6.07, 6.45) is 2.39. The summed E-state index contributed by atoms with van der Waals surface area (Å²) >= 11 is 8.58. The Morgan fingerprint density at radius 2 is 2.26 bits per heavy atom. The van der Waals surface area contributed by atoms with E-state index in [4.69, 9.17) is 12.2 Å². The van der Waals surface area contributed by atoms with E-state index < -0.39 is 6.04 Å². The van der Waals surface area contributed by atoms with Gasteiger partial charge >= 0.3 is 0 Å². The Hall–Kier alpha value is -1.54. The molecule has 98 valence electrons. The Morgan fingerprint density at radius 1 is 1.47 bits per heavy atom. The highest BCUT2D eigenvalue weighted by Crippen LogP contribution is 2.25. The number of H-pyrrole nitrogens is 1. The van der Waals surface area contributed by atoms with Crippen LogP contribution in [0.1, 0.15) is 18.9 Å². The zero-order valence-corrected chi connectivity index (χ0v) is 12.0. The van der Waals surface area contributed by atoms with Crippen LogP contribution in [-0.4, -0.2) is 26.3 Å². The lowest BCUT2D eigenvalue weighted by Gasteiger charge is -2.22. The van der Waals surface area contributed by atoms with Crippen molar-refractivity contribution in [1.82, 2.24) is 19.9 Å². The van der Waals surface area contributed by atoms with Gasteiger partial charge in [0.05, 0.1) is 5.52 Å². The first-order valence-corrected chi connectivity index (χ1v) is 6.86. The minimum absolute atomic E-state index is 0.247. The van der Waals surface area contributed by atoms with Crippen LogP contribution in [0.15, 0.2) is 16.7 Å². The van der Waals surface area contributed by atoms with Crippen molar-refractivity contribution >= 4 is 51.1 Å². The van der Waals surface area contributed by atoms with Gasteiger partial charge in [-0.05, 0) is 40.6 Å². The van der Waals surface area contributed by atoms with Crippen LogP contribution in [0, 0.1) is 4.77 Å². The third kappa shape index (κ3) is 2.10. The van der Waals surface area contributed by atoms with Crippen molar-refractivity contribution in [3.8, 4) is 0 Å². The van der Waals surface area contributed by atoms with Crippen molar-refractivity contribution in [1.29, 1.82) is 0 Å². The molecule has 3 rings (SSSR count). The molecule has 2 aromatic rings. The summed E-state index contributed by atoms with van der Waals surface area (Å²) in [5.41, 5.74) is 1.37. The maximum Gasteiger partial charge on any atom is 0.249 e. The molecule has 1 unspecified atom stereocenters. The molecule has 1 aliphatic heterocycles. The minimum Gasteiger partial charge on any atom is -0.329 e. The molecule has 0 bridgehead atoms. The van der Waals surface area contributed by atoms with Gasteiger partial charge in [0.25, 0.3) is 0 Å². The predicted octanol–water partition coefficient (Wildman–Crippen LogP) is 1.83. The predicted molar refractivity (Wildman–Crippen MR) is 74.0 cm³/mol. The second-order valence-electron chi connectivity index (χ2n) is 4.29. The Morgan fingerprint density at radius 3 is 3.00 bits per heavy atom. The molecule has 1 saturated heterocycles. The number of hydrogen-bond acceptors (Lipinski definition) is 4. The topological polar surface area (TPSA) is 79.8 Å². The molecule has 8 heteroatoms. The second-order valence-corrected chi connectivity index (χ2v) is 5.59. The minimum atomic E-state index is -0.493. The number of piperidine rings is 1. The van der Waals surface area contributed by atoms with Gasteiger partial charge in [0, 0.05) is 17.1 Å². The SMILES string of the molecule is O=C1CCC(n2c(=S)[nH]c3cc(Br)cnc32)C(=O)N1. The molecule has 1 aliphatic rings. The first-order chi connectivity index (χ1) is 9.06. The monoisotopic (exact) mass is 340 g/mol. The van der Waals surface area contributed by atoms with E-state index in [1.54, 1.807) is 10.8 Å². The Labute approximate surface area is 121 Å². The van der Waals surface area contributed by atoms with Crippen LogP contribution in [0.2, 0.25) is 0 Å². The highest BCUT2D eigenvalue weighted by atomic mass is 79.9. The lowest BCUT2D eigenvalue weighted by Crippen LogP contribution is -2.41. The molecule has 2 aromatic heterocycles. The van der Waals surface area contributed by atoms with Gasteiger partial charge in [-0.25, -0.2) is 4.98 Å². The fraction of sp³-hybridized carbons (Fsp3) is 0.273. The normalized spacial score (nSPS) is 19.7. The van der Waals surface area contributed by atoms with Crippen LogP contribution in [0.5, 0.6) is 0 Å². The number of hydrogen-bond donors (Lipinski definition) is 2. The molecule has 1 atom stereocenters. The van der Waals surface area contributed by atoms with Gasteiger partial charge in [-0.15, -0.1) is 0 Å². The molecular formula is C11H9BrN4O2S. The van der Waals surface area contributed by atoms with Crippen molar-refractivity contribution in [3.63, 3.8) is 0 Å². The third-order valence-corrected chi connectivity index (χ3v) is 3.78. The number of carbonyl (C=O) groups is 2. The summed E-state index contributed by atoms with van der Waals surface area (Å²) in [5, 5.41) is 2.33. The highest BCUT2D eigenvalue weighted by Gasteiger charge is 2.30. The fourth-order valence-electron chi connectivity index (χ4n) is 2.21. The standard InChI is InChI=1S/C11H9BrN4O2S/c12-5-3-6-9(13-4-5)16(11(19)14-6)7-1-2-8(17)15-10(7)18/h3-4,7H,1-2H2,(H,14,19)(H,15,17,18). The lowest BCUT2D eigenvalue weighted by molar-refractivity contribution is -0.135. The molecule has 0 saturated carbocycles. The molecular weight excluding hydrogens is 332 g/mol. The van der Waals surface area contributed by atoms with Crippen LogP contribution in [-0.2, 0) is 9.59 Å². The molecule has 2 amide bonds. The van der Waals surface area contributed by atoms with Crippen molar-refractivity contribution in [3.05, 3.63) is 21.5 Å². The van der Waals surface area contributed by atoms with Crippen molar-refractivity contribution in [2.45, 2.75) is 18.9 Å². The zero-order chi connectivity index (χ0) is 13.6. The lowest BCUT2D eigenvalue weighted by atomic mass is 10.1. The summed E-state index contributed by atoms with van der Waals surface area (Å²) in [4.78, 5) is 30.4. The fourth-order valence-corrected chi connectivity index (χ4v) is 2.86. The van der Waals surface area contributed by atoms with Crippen molar-refractivity contribution < 1.29 is 9.59 Å². The third-order valence-electron chi connectivity index (χ3n) is 3.04. The Balaban J connectivity index is 2.15. The molecule has 2 N–H and O–H groups in total. The van der Waals surface area contributed by atoms with E-state index in [1.807, 2.05) is 6.07 Å². The van der Waals surface area contributed by atoms with Crippen LogP contribution in [0.25, 0.3) is 11.2 Å². The molecule has 0 spiro atoms. The number of imidazole rings is 1. The Kier molecular flexibility index (Phi) is 2.98. The summed E-state index contributed by atoms with van der Waals surface area (Å²) in [6, 6.07) is 1.35. The van der Waals surface area contributed by atoms with E-state index in [1.165, 1.54) is 0 Å². The van der Waals surface area contributed by atoms with Crippen LogP contribution in [0.3, 0.4) is 0 Å². The van der Waals surface area contributed by atoms with E-state index in [9.17, 15) is 9.59 Å². The van der Waals surface area contributed by atoms with Crippen LogP contribution < -0.4 is 5.32 Å². The average molecular weight is 341 g/mol. The van der Waals surface area contributed by atoms with Crippen molar-refractivity contribution in [2.24, 2.45) is 0 Å². The molecule has 0 aliphatic carbocycles. The number of rotatable bonds is 1. The number of amides is 2. The average Bonchev–Trinajstić information content (AvgIpc) is 2.65. The first kappa shape index (κ1) is 12.5. The van der Waals surface area contributed by atoms with E-state index in [0.717, 1.165) is 9.99 Å². The number of nitrogens with zero attached hydrogens (tertiary/aromatic N) is 2. The first-order valence-electron chi connectivity index (χ1n) is 5.66. The smallest absolute Gasteiger partial charge is 0.249 e. The number of nitrogens with one attached hydrogen (secondary N) is 2. The molecule has 19 heavy (non-hydrogen) atoms. The number of imide groups is 1. The number of aromatic amines is 1. The van der Waals surface area contributed by atoms with E-state index in [0.29, 0.717) is 23.3 Å². The molecule has 3 heterocycles. The van der Waals surface area contributed by atoms with Crippen LogP contribution >= 0.6 is 28.1 Å². The van der Waals surface area contributed by atoms with Gasteiger partial charge in [-0.3, -0.25) is 19.5 Å². The number of fused-ring (bicyclic) bond motifs is 1. The maximum atomic E-state index is 11.9. The molecule has 0 aromatic carbocycles. The van der Waals surface area contributed by atoms with E-state index in [2.05, 4.69) is 31.2 Å². The summed E-state index contributed by atoms with van der Waals surface area (Å²) in [6.45, 7) is 0. The van der Waals surface area contributed by atoms with Gasteiger partial charge < -0.3 is 4.98 Å². The Bertz CT molecular complexity index is 751. The largest absolute Gasteiger partial charge is 0.329 e. The summed E-state index contributed by atoms with van der Waals surface area (Å²) < 4.78 is 2.92. The molecule has 1 fully saturated rings. The molecule has 6 nitrogen and oxygen atoms in total. The van der Waals surface area contributed by atoms with Crippen LogP contribution in [0.4, 0.5) is 0 Å². The van der Waals surface area contributed by atoms with Gasteiger partial charge in [0.2, 0.25) is 11.8 Å². The van der Waals surface area contributed by atoms with Gasteiger partial charge in [-0.2, -0.15) is 0 Å². The zero-order valence-electron chi connectivity index (χ0n) is 9.64. The second kappa shape index (κ2) is 4.53. The maximum absolute atomic E-state index is 11.9. The molecule has 0 radical (unpaired) electrons. The van der Waals surface area contributed by atoms with Gasteiger partial charge in [-0.1, -0.05) is 0 Å². The van der Waals surface area contributed by atoms with Gasteiger partial charge in [0.15, 0.2) is 10.4 Å². The summed E-state index contributed by atoms with van der Waals surface area (Å²) in [5.74, 6) is -0.582. The quantitative estimate of drug-likeness (QED) is 0.613. The number of carbonyl (C=O) groups excluding carboxylic acids is 2. The van der Waals surface area contributed by atoms with E-state index in [-0.39, 0.29) is 11.8 Å². The van der Waals surface area contributed by atoms with Crippen molar-refractivity contribution in [2.75, 3.05) is 0 Å². The number of aromatic nitrogens is 3. The summed E-state index contributed by atoms with van der Waals surface area (Å²) in [7, 11) is 0. The van der Waals surface area contributed by atoms with E-state index >= 15 is 0 Å².